The van der Waals surface area contributed by atoms with Crippen LogP contribution in [-0.2, 0) is 9.53 Å². The van der Waals surface area contributed by atoms with Crippen molar-refractivity contribution in [2.75, 3.05) is 6.61 Å². The Morgan fingerprint density at radius 3 is 2.59 bits per heavy atom. The summed E-state index contributed by atoms with van der Waals surface area (Å²) in [6.07, 6.45) is 3.88. The molecule has 1 aliphatic carbocycles. The van der Waals surface area contributed by atoms with Gasteiger partial charge >= 0.3 is 12.0 Å². The first kappa shape index (κ1) is 18.6. The van der Waals surface area contributed by atoms with E-state index in [2.05, 4.69) is 10.6 Å². The van der Waals surface area contributed by atoms with Crippen LogP contribution >= 0.6 is 0 Å². The maximum atomic E-state index is 13.7. The van der Waals surface area contributed by atoms with Gasteiger partial charge in [0.05, 0.1) is 5.56 Å². The van der Waals surface area contributed by atoms with Crippen molar-refractivity contribution in [1.82, 2.24) is 10.6 Å². The van der Waals surface area contributed by atoms with E-state index in [-0.39, 0.29) is 23.1 Å². The number of esters is 1. The minimum atomic E-state index is -0.885. The number of imide groups is 1. The Hall–Kier alpha value is -3.16. The van der Waals surface area contributed by atoms with Crippen molar-refractivity contribution in [2.45, 2.75) is 31.7 Å². The molecule has 0 saturated heterocycles. The fourth-order valence-corrected chi connectivity index (χ4v) is 2.91. The molecule has 2 N–H and O–H groups in total. The highest BCUT2D eigenvalue weighted by Crippen LogP contribution is 2.25. The second-order valence-electron chi connectivity index (χ2n) is 6.22. The Morgan fingerprint density at radius 1 is 1.11 bits per heavy atom. The molecule has 3 amide bonds. The standard InChI is InChI=1S/C19H19FN2O5/c20-14-8-4-3-7-13(14)15-9-10-16(27-15)18(24)26-11-17(23)22-19(25)21-12-5-1-2-6-12/h3-4,7-10,12H,1-2,5-6,11H2,(H2,21,22,23,25). The first-order valence-electron chi connectivity index (χ1n) is 8.65. The van der Waals surface area contributed by atoms with Gasteiger partial charge in [-0.2, -0.15) is 0 Å². The quantitative estimate of drug-likeness (QED) is 0.784. The maximum absolute atomic E-state index is 13.7. The molecular weight excluding hydrogens is 355 g/mol. The lowest BCUT2D eigenvalue weighted by atomic mass is 10.1. The van der Waals surface area contributed by atoms with Crippen LogP contribution in [0.15, 0.2) is 40.8 Å². The molecule has 0 spiro atoms. The van der Waals surface area contributed by atoms with Crippen LogP contribution < -0.4 is 10.6 Å². The summed E-state index contributed by atoms with van der Waals surface area (Å²) >= 11 is 0. The molecule has 0 atom stereocenters. The van der Waals surface area contributed by atoms with Crippen LogP contribution in [-0.4, -0.2) is 30.6 Å². The largest absolute Gasteiger partial charge is 0.450 e. The van der Waals surface area contributed by atoms with Gasteiger partial charge in [0.25, 0.3) is 5.91 Å². The van der Waals surface area contributed by atoms with Crippen LogP contribution in [0.4, 0.5) is 9.18 Å². The molecule has 142 valence electrons. The normalized spacial score (nSPS) is 14.0. The van der Waals surface area contributed by atoms with E-state index in [1.807, 2.05) is 0 Å². The molecule has 2 aromatic rings. The van der Waals surface area contributed by atoms with Gasteiger partial charge in [-0.3, -0.25) is 10.1 Å². The van der Waals surface area contributed by atoms with Crippen molar-refractivity contribution < 1.29 is 27.9 Å². The molecule has 0 unspecified atom stereocenters. The summed E-state index contributed by atoms with van der Waals surface area (Å²) in [6.45, 7) is -0.632. The lowest BCUT2D eigenvalue weighted by Gasteiger charge is -2.12. The Bertz CT molecular complexity index is 842. The van der Waals surface area contributed by atoms with E-state index in [1.54, 1.807) is 12.1 Å². The lowest BCUT2D eigenvalue weighted by Crippen LogP contribution is -2.44. The van der Waals surface area contributed by atoms with Gasteiger partial charge in [-0.25, -0.2) is 14.0 Å². The van der Waals surface area contributed by atoms with Crippen LogP contribution in [0.25, 0.3) is 11.3 Å². The smallest absolute Gasteiger partial charge is 0.374 e. The summed E-state index contributed by atoms with van der Waals surface area (Å²) in [6, 6.07) is 8.19. The number of ether oxygens (including phenoxy) is 1. The van der Waals surface area contributed by atoms with E-state index in [0.717, 1.165) is 25.7 Å². The lowest BCUT2D eigenvalue weighted by molar-refractivity contribution is -0.123. The first-order chi connectivity index (χ1) is 13.0. The van der Waals surface area contributed by atoms with Crippen molar-refractivity contribution in [3.8, 4) is 11.3 Å². The fraction of sp³-hybridized carbons (Fsp3) is 0.316. The van der Waals surface area contributed by atoms with E-state index in [4.69, 9.17) is 9.15 Å². The molecular formula is C19H19FN2O5. The van der Waals surface area contributed by atoms with Crippen LogP contribution in [0.5, 0.6) is 0 Å². The van der Waals surface area contributed by atoms with E-state index < -0.39 is 30.3 Å². The third-order valence-electron chi connectivity index (χ3n) is 4.22. The minimum Gasteiger partial charge on any atom is -0.450 e. The maximum Gasteiger partial charge on any atom is 0.374 e. The summed E-state index contributed by atoms with van der Waals surface area (Å²) in [7, 11) is 0. The average Bonchev–Trinajstić information content (AvgIpc) is 3.32. The molecule has 8 heteroatoms. The van der Waals surface area contributed by atoms with Gasteiger partial charge in [0, 0.05) is 6.04 Å². The molecule has 1 saturated carbocycles. The number of carbonyl (C=O) groups excluding carboxylic acids is 3. The Kier molecular flexibility index (Phi) is 5.85. The summed E-state index contributed by atoms with van der Waals surface area (Å²) in [4.78, 5) is 35.3. The molecule has 7 nitrogen and oxygen atoms in total. The second kappa shape index (κ2) is 8.48. The highest BCUT2D eigenvalue weighted by molar-refractivity contribution is 5.96. The molecule has 27 heavy (non-hydrogen) atoms. The zero-order chi connectivity index (χ0) is 19.2. The van der Waals surface area contributed by atoms with Gasteiger partial charge < -0.3 is 14.5 Å². The van der Waals surface area contributed by atoms with Crippen LogP contribution in [0.3, 0.4) is 0 Å². The zero-order valence-corrected chi connectivity index (χ0v) is 14.5. The third kappa shape index (κ3) is 4.93. The SMILES string of the molecule is O=C(COC(=O)c1ccc(-c2ccccc2F)o1)NC(=O)NC1CCCC1. The van der Waals surface area contributed by atoms with E-state index in [1.165, 1.54) is 24.3 Å². The Labute approximate surface area is 154 Å². The molecule has 1 aliphatic rings. The first-order valence-corrected chi connectivity index (χ1v) is 8.65. The molecule has 0 aliphatic heterocycles. The number of benzene rings is 1. The molecule has 1 fully saturated rings. The van der Waals surface area contributed by atoms with Gasteiger partial charge in [-0.1, -0.05) is 25.0 Å². The van der Waals surface area contributed by atoms with Gasteiger partial charge in [0.2, 0.25) is 5.76 Å². The number of hydrogen-bond acceptors (Lipinski definition) is 5. The fourth-order valence-electron chi connectivity index (χ4n) is 2.91. The zero-order valence-electron chi connectivity index (χ0n) is 14.5. The van der Waals surface area contributed by atoms with Crippen molar-refractivity contribution >= 4 is 17.9 Å². The van der Waals surface area contributed by atoms with Crippen molar-refractivity contribution in [3.05, 3.63) is 48.0 Å². The highest BCUT2D eigenvalue weighted by atomic mass is 19.1. The van der Waals surface area contributed by atoms with Gasteiger partial charge in [0.1, 0.15) is 11.6 Å². The number of hydrogen-bond donors (Lipinski definition) is 2. The van der Waals surface area contributed by atoms with Gasteiger partial charge in [-0.05, 0) is 37.1 Å². The van der Waals surface area contributed by atoms with E-state index in [0.29, 0.717) is 0 Å². The monoisotopic (exact) mass is 374 g/mol. The summed E-state index contributed by atoms with van der Waals surface area (Å²) < 4.78 is 23.9. The van der Waals surface area contributed by atoms with Crippen LogP contribution in [0, 0.1) is 5.82 Å². The number of nitrogens with one attached hydrogen (secondary N) is 2. The van der Waals surface area contributed by atoms with Crippen LogP contribution in [0.1, 0.15) is 36.2 Å². The molecule has 1 heterocycles. The Balaban J connectivity index is 1.48. The topological polar surface area (TPSA) is 97.6 Å². The summed E-state index contributed by atoms with van der Waals surface area (Å²) in [5, 5.41) is 4.80. The number of rotatable bonds is 5. The Morgan fingerprint density at radius 2 is 1.85 bits per heavy atom. The van der Waals surface area contributed by atoms with Crippen molar-refractivity contribution in [2.24, 2.45) is 0 Å². The molecule has 1 aromatic carbocycles. The second-order valence-corrected chi connectivity index (χ2v) is 6.22. The van der Waals surface area contributed by atoms with Gasteiger partial charge in [-0.15, -0.1) is 0 Å². The van der Waals surface area contributed by atoms with E-state index in [9.17, 15) is 18.8 Å². The summed E-state index contributed by atoms with van der Waals surface area (Å²) in [5.41, 5.74) is 0.206. The van der Waals surface area contributed by atoms with Crippen molar-refractivity contribution in [3.63, 3.8) is 0 Å². The number of amides is 3. The molecule has 3 rings (SSSR count). The van der Waals surface area contributed by atoms with E-state index >= 15 is 0 Å². The average molecular weight is 374 g/mol. The third-order valence-corrected chi connectivity index (χ3v) is 4.22. The molecule has 1 aromatic heterocycles. The highest BCUT2D eigenvalue weighted by Gasteiger charge is 2.20. The summed E-state index contributed by atoms with van der Waals surface area (Å²) in [5.74, 6) is -2.13. The predicted octanol–water partition coefficient (Wildman–Crippen LogP) is 3.01. The number of halogens is 1. The molecule has 0 radical (unpaired) electrons. The predicted molar refractivity (Wildman–Crippen MR) is 93.3 cm³/mol. The molecule has 0 bridgehead atoms. The minimum absolute atomic E-state index is 0.0697. The number of carbonyl (C=O) groups is 3. The number of furan rings is 1. The van der Waals surface area contributed by atoms with Crippen molar-refractivity contribution in [1.29, 1.82) is 0 Å². The van der Waals surface area contributed by atoms with Gasteiger partial charge in [0.15, 0.2) is 6.61 Å². The number of urea groups is 1. The van der Waals surface area contributed by atoms with Crippen LogP contribution in [0.2, 0.25) is 0 Å².